The van der Waals surface area contributed by atoms with Crippen molar-refractivity contribution < 1.29 is 13.2 Å². The molecule has 2 N–H and O–H groups in total. The van der Waals surface area contributed by atoms with Crippen molar-refractivity contribution >= 4 is 27.0 Å². The lowest BCUT2D eigenvalue weighted by atomic mass is 9.99. The fourth-order valence-electron chi connectivity index (χ4n) is 3.09. The second kappa shape index (κ2) is 5.66. The lowest BCUT2D eigenvalue weighted by Gasteiger charge is -2.16. The highest BCUT2D eigenvalue weighted by Crippen LogP contribution is 2.63. The highest BCUT2D eigenvalue weighted by Gasteiger charge is 2.71. The Labute approximate surface area is 131 Å². The molecule has 116 valence electrons. The van der Waals surface area contributed by atoms with Gasteiger partial charge in [0, 0.05) is 18.8 Å². The maximum absolute atomic E-state index is 12.2. The van der Waals surface area contributed by atoms with Gasteiger partial charge in [0.2, 0.25) is 0 Å². The summed E-state index contributed by atoms with van der Waals surface area (Å²) in [6.07, 6.45) is 1.24. The van der Waals surface area contributed by atoms with E-state index in [1.165, 1.54) is 6.26 Å². The zero-order valence-electron chi connectivity index (χ0n) is 12.5. The molecule has 21 heavy (non-hydrogen) atoms. The van der Waals surface area contributed by atoms with E-state index in [2.05, 4.69) is 0 Å². The first-order valence-electron chi connectivity index (χ1n) is 6.88. The lowest BCUT2D eigenvalue weighted by Crippen LogP contribution is -2.33. The number of aryl methyl sites for hydroxylation is 1. The first-order valence-corrected chi connectivity index (χ1v) is 9.24. The predicted octanol–water partition coefficient (Wildman–Crippen LogP) is 1.81. The Kier molecular flexibility index (Phi) is 4.42. The third kappa shape index (κ3) is 2.84. The summed E-state index contributed by atoms with van der Waals surface area (Å²) >= 11 is 5.19. The fraction of sp³-hybridized carbons (Fsp3) is 0.533. The van der Waals surface area contributed by atoms with E-state index in [-0.39, 0.29) is 17.5 Å². The van der Waals surface area contributed by atoms with Crippen LogP contribution in [0.2, 0.25) is 0 Å². The highest BCUT2D eigenvalue weighted by molar-refractivity contribution is 7.92. The molecule has 0 aliphatic heterocycles. The molecule has 0 aromatic heterocycles. The minimum Gasteiger partial charge on any atom is -0.393 e. The molecule has 0 saturated heterocycles. The maximum atomic E-state index is 12.2. The van der Waals surface area contributed by atoms with Gasteiger partial charge in [0.25, 0.3) is 0 Å². The van der Waals surface area contributed by atoms with E-state index in [0.717, 1.165) is 11.1 Å². The van der Waals surface area contributed by atoms with Crippen molar-refractivity contribution in [2.24, 2.45) is 11.1 Å². The number of ether oxygens (including phenoxy) is 1. The summed E-state index contributed by atoms with van der Waals surface area (Å²) in [6.45, 7) is 4.61. The van der Waals surface area contributed by atoms with Crippen LogP contribution in [0, 0.1) is 12.3 Å². The first kappa shape index (κ1) is 16.4. The van der Waals surface area contributed by atoms with E-state index in [1.54, 1.807) is 0 Å². The molecule has 4 nitrogen and oxygen atoms in total. The third-order valence-corrected chi connectivity index (χ3v) is 6.15. The molecule has 1 aliphatic rings. The monoisotopic (exact) mass is 327 g/mol. The number of benzene rings is 1. The summed E-state index contributed by atoms with van der Waals surface area (Å²) in [6, 6.07) is 7.84. The molecule has 3 atom stereocenters. The number of sulfone groups is 1. The smallest absolute Gasteiger partial charge is 0.152 e. The number of hydrogen-bond acceptors (Lipinski definition) is 4. The summed E-state index contributed by atoms with van der Waals surface area (Å²) in [7, 11) is -3.27. The van der Waals surface area contributed by atoms with Crippen LogP contribution in [0.3, 0.4) is 0 Å². The quantitative estimate of drug-likeness (QED) is 0.807. The van der Waals surface area contributed by atoms with Gasteiger partial charge in [0.05, 0.1) is 22.3 Å². The number of nitrogens with two attached hydrogens (primary N) is 1. The topological polar surface area (TPSA) is 69.4 Å². The second-order valence-electron chi connectivity index (χ2n) is 5.68. The van der Waals surface area contributed by atoms with Gasteiger partial charge in [0.15, 0.2) is 9.84 Å². The number of thiocarbonyl (C=S) groups is 1. The molecule has 6 heteroatoms. The summed E-state index contributed by atoms with van der Waals surface area (Å²) in [5.74, 6) is -0.225. The molecule has 2 rings (SSSR count). The van der Waals surface area contributed by atoms with Crippen LogP contribution in [0.25, 0.3) is 0 Å². The maximum Gasteiger partial charge on any atom is 0.152 e. The summed E-state index contributed by atoms with van der Waals surface area (Å²) in [5.41, 5.74) is 7.20. The average molecular weight is 327 g/mol. The van der Waals surface area contributed by atoms with Gasteiger partial charge in [-0.15, -0.1) is 0 Å². The van der Waals surface area contributed by atoms with Crippen molar-refractivity contribution in [3.8, 4) is 0 Å². The van der Waals surface area contributed by atoms with Crippen LogP contribution < -0.4 is 5.73 Å². The van der Waals surface area contributed by atoms with Crippen LogP contribution >= 0.6 is 12.2 Å². The van der Waals surface area contributed by atoms with Gasteiger partial charge in [-0.25, -0.2) is 8.42 Å². The molecule has 1 saturated carbocycles. The molecule has 0 radical (unpaired) electrons. The van der Waals surface area contributed by atoms with Gasteiger partial charge in [-0.3, -0.25) is 0 Å². The van der Waals surface area contributed by atoms with Gasteiger partial charge in [-0.1, -0.05) is 42.0 Å². The minimum atomic E-state index is -3.27. The van der Waals surface area contributed by atoms with Gasteiger partial charge in [0.1, 0.15) is 0 Å². The molecule has 1 aromatic carbocycles. The van der Waals surface area contributed by atoms with Crippen LogP contribution in [0.15, 0.2) is 24.3 Å². The Morgan fingerprint density at radius 1 is 1.38 bits per heavy atom. The van der Waals surface area contributed by atoms with Crippen molar-refractivity contribution in [1.82, 2.24) is 0 Å². The standard InChI is InChI=1S/C15H21NO3S2/c1-4-19-9-15(14(16)20)12(13(15)21(3,17)18)11-7-5-10(2)6-8-11/h5-8,12-13H,4,9H2,1-3H3,(H2,16,20)/t12-,13+,15-/m0/s1. The summed E-state index contributed by atoms with van der Waals surface area (Å²) < 4.78 is 29.8. The first-order chi connectivity index (χ1) is 9.75. The zero-order chi connectivity index (χ0) is 15.8. The third-order valence-electron chi connectivity index (χ3n) is 4.16. The van der Waals surface area contributed by atoms with Crippen molar-refractivity contribution in [2.75, 3.05) is 19.5 Å². The highest BCUT2D eigenvalue weighted by atomic mass is 32.2. The van der Waals surface area contributed by atoms with Crippen molar-refractivity contribution in [3.63, 3.8) is 0 Å². The van der Waals surface area contributed by atoms with Crippen LogP contribution in [0.1, 0.15) is 24.0 Å². The Balaban J connectivity index is 2.46. The molecule has 1 aliphatic carbocycles. The van der Waals surface area contributed by atoms with Gasteiger partial charge in [-0.2, -0.15) is 0 Å². The molecular formula is C15H21NO3S2. The van der Waals surface area contributed by atoms with Crippen LogP contribution in [0.5, 0.6) is 0 Å². The molecule has 0 spiro atoms. The van der Waals surface area contributed by atoms with Crippen LogP contribution in [0.4, 0.5) is 0 Å². The Hall–Kier alpha value is -0.980. The predicted molar refractivity (Wildman–Crippen MR) is 88.3 cm³/mol. The number of hydrogen-bond donors (Lipinski definition) is 1. The molecule has 0 heterocycles. The van der Waals surface area contributed by atoms with Crippen molar-refractivity contribution in [2.45, 2.75) is 25.0 Å². The Morgan fingerprint density at radius 3 is 2.38 bits per heavy atom. The largest absolute Gasteiger partial charge is 0.393 e. The zero-order valence-corrected chi connectivity index (χ0v) is 14.1. The van der Waals surface area contributed by atoms with Gasteiger partial charge in [-0.05, 0) is 19.4 Å². The van der Waals surface area contributed by atoms with E-state index < -0.39 is 20.5 Å². The molecule has 0 bridgehead atoms. The summed E-state index contributed by atoms with van der Waals surface area (Å²) in [4.78, 5) is 0.219. The molecular weight excluding hydrogens is 306 g/mol. The normalized spacial score (nSPS) is 28.3. The second-order valence-corrected chi connectivity index (χ2v) is 8.29. The van der Waals surface area contributed by atoms with E-state index in [4.69, 9.17) is 22.7 Å². The molecule has 1 fully saturated rings. The Bertz CT molecular complexity index is 639. The van der Waals surface area contributed by atoms with E-state index in [9.17, 15) is 8.42 Å². The number of rotatable bonds is 6. The minimum absolute atomic E-state index is 0.219. The van der Waals surface area contributed by atoms with Gasteiger partial charge >= 0.3 is 0 Å². The Morgan fingerprint density at radius 2 is 1.95 bits per heavy atom. The van der Waals surface area contributed by atoms with E-state index in [0.29, 0.717) is 6.61 Å². The van der Waals surface area contributed by atoms with E-state index in [1.807, 2.05) is 38.1 Å². The fourth-order valence-corrected chi connectivity index (χ4v) is 5.40. The van der Waals surface area contributed by atoms with Crippen LogP contribution in [-0.2, 0) is 14.6 Å². The molecule has 0 amide bonds. The van der Waals surface area contributed by atoms with Crippen LogP contribution in [-0.4, -0.2) is 38.1 Å². The molecule has 1 aromatic rings. The lowest BCUT2D eigenvalue weighted by molar-refractivity contribution is 0.121. The molecule has 0 unspecified atom stereocenters. The van der Waals surface area contributed by atoms with E-state index >= 15 is 0 Å². The van der Waals surface area contributed by atoms with Crippen molar-refractivity contribution in [3.05, 3.63) is 35.4 Å². The van der Waals surface area contributed by atoms with Gasteiger partial charge < -0.3 is 10.5 Å². The summed E-state index contributed by atoms with van der Waals surface area (Å²) in [5, 5.41) is -0.600. The van der Waals surface area contributed by atoms with Crippen molar-refractivity contribution in [1.29, 1.82) is 0 Å². The SMILES string of the molecule is CCOC[C@@]1(C(N)=S)[C@H](S(C)(=O)=O)[C@@H]1c1ccc(C)cc1. The average Bonchev–Trinajstić information content (AvgIpc) is 3.08.